The summed E-state index contributed by atoms with van der Waals surface area (Å²) in [5.41, 5.74) is 2.27. The smallest absolute Gasteiger partial charge is 0.0739 e. The van der Waals surface area contributed by atoms with E-state index in [2.05, 4.69) is 26.3 Å². The van der Waals surface area contributed by atoms with Crippen molar-refractivity contribution >= 4 is 27.5 Å². The molecule has 1 aliphatic rings. The molecule has 1 aliphatic carbocycles. The molecular weight excluding hydrogens is 302 g/mol. The molecule has 0 spiro atoms. The van der Waals surface area contributed by atoms with Crippen molar-refractivity contribution in [3.63, 3.8) is 0 Å². The van der Waals surface area contributed by atoms with Crippen LogP contribution < -0.4 is 5.32 Å². The van der Waals surface area contributed by atoms with Crippen LogP contribution in [0.15, 0.2) is 4.47 Å². The molecule has 0 aromatic carbocycles. The standard InChI is InChI=1S/C12H19BrClN3/c1-8-12(13)11(17(2)16-8)7-15-10-5-3-9(14)4-6-10/h9-10,15H,3-7H2,1-2H3. The summed E-state index contributed by atoms with van der Waals surface area (Å²) in [6.45, 7) is 2.89. The maximum Gasteiger partial charge on any atom is 0.0739 e. The van der Waals surface area contributed by atoms with Gasteiger partial charge in [-0.25, -0.2) is 0 Å². The van der Waals surface area contributed by atoms with Crippen LogP contribution in [0.1, 0.15) is 37.1 Å². The molecule has 1 saturated carbocycles. The Morgan fingerprint density at radius 1 is 1.41 bits per heavy atom. The molecule has 2 rings (SSSR count). The summed E-state index contributed by atoms with van der Waals surface area (Å²) in [5, 5.41) is 8.39. The third-order valence-corrected chi connectivity index (χ3v) is 4.94. The summed E-state index contributed by atoms with van der Waals surface area (Å²) in [4.78, 5) is 0. The van der Waals surface area contributed by atoms with E-state index >= 15 is 0 Å². The minimum absolute atomic E-state index is 0.388. The molecule has 17 heavy (non-hydrogen) atoms. The molecule has 0 radical (unpaired) electrons. The molecule has 0 saturated heterocycles. The minimum atomic E-state index is 0.388. The average molecular weight is 321 g/mol. The number of alkyl halides is 1. The van der Waals surface area contributed by atoms with Gasteiger partial charge in [-0.1, -0.05) is 0 Å². The zero-order chi connectivity index (χ0) is 12.4. The first-order chi connectivity index (χ1) is 8.08. The van der Waals surface area contributed by atoms with E-state index in [1.807, 2.05) is 18.7 Å². The number of halogens is 2. The van der Waals surface area contributed by atoms with Gasteiger partial charge in [-0.3, -0.25) is 4.68 Å². The molecule has 0 atom stereocenters. The lowest BCUT2D eigenvalue weighted by atomic mass is 9.95. The van der Waals surface area contributed by atoms with Crippen molar-refractivity contribution < 1.29 is 0 Å². The molecular formula is C12H19BrClN3. The lowest BCUT2D eigenvalue weighted by Crippen LogP contribution is -2.33. The fourth-order valence-corrected chi connectivity index (χ4v) is 3.10. The van der Waals surface area contributed by atoms with E-state index in [0.29, 0.717) is 11.4 Å². The second-order valence-electron chi connectivity index (χ2n) is 4.80. The van der Waals surface area contributed by atoms with E-state index in [1.165, 1.54) is 18.5 Å². The molecule has 0 bridgehead atoms. The summed E-state index contributed by atoms with van der Waals surface area (Å²) in [7, 11) is 1.99. The third kappa shape index (κ3) is 3.24. The van der Waals surface area contributed by atoms with Crippen molar-refractivity contribution in [2.75, 3.05) is 0 Å². The van der Waals surface area contributed by atoms with Crippen molar-refractivity contribution in [1.82, 2.24) is 15.1 Å². The number of hydrogen-bond donors (Lipinski definition) is 1. The molecule has 1 aromatic heterocycles. The van der Waals surface area contributed by atoms with E-state index in [4.69, 9.17) is 11.6 Å². The number of hydrogen-bond acceptors (Lipinski definition) is 2. The third-order valence-electron chi connectivity index (χ3n) is 3.48. The van der Waals surface area contributed by atoms with Gasteiger partial charge < -0.3 is 5.32 Å². The molecule has 0 unspecified atom stereocenters. The summed E-state index contributed by atoms with van der Waals surface area (Å²) < 4.78 is 3.07. The Morgan fingerprint density at radius 3 is 2.59 bits per heavy atom. The highest BCUT2D eigenvalue weighted by molar-refractivity contribution is 9.10. The van der Waals surface area contributed by atoms with E-state index in [9.17, 15) is 0 Å². The molecule has 1 heterocycles. The summed E-state index contributed by atoms with van der Waals surface area (Å²) >= 11 is 9.69. The topological polar surface area (TPSA) is 29.9 Å². The molecule has 1 N–H and O–H groups in total. The number of nitrogens with zero attached hydrogens (tertiary/aromatic N) is 2. The predicted octanol–water partition coefficient (Wildman–Crippen LogP) is 3.13. The molecule has 1 aromatic rings. The van der Waals surface area contributed by atoms with Crippen molar-refractivity contribution in [3.8, 4) is 0 Å². The Morgan fingerprint density at radius 2 is 2.06 bits per heavy atom. The first kappa shape index (κ1) is 13.4. The number of aromatic nitrogens is 2. The second kappa shape index (κ2) is 5.72. The number of nitrogens with one attached hydrogen (secondary N) is 1. The predicted molar refractivity (Wildman–Crippen MR) is 74.4 cm³/mol. The van der Waals surface area contributed by atoms with Gasteiger partial charge in [0, 0.05) is 25.0 Å². The second-order valence-corrected chi connectivity index (χ2v) is 6.21. The fourth-order valence-electron chi connectivity index (χ4n) is 2.37. The number of rotatable bonds is 3. The van der Waals surface area contributed by atoms with Gasteiger partial charge in [0.1, 0.15) is 0 Å². The van der Waals surface area contributed by atoms with Gasteiger partial charge in [0.25, 0.3) is 0 Å². The van der Waals surface area contributed by atoms with Crippen LogP contribution in [-0.2, 0) is 13.6 Å². The number of aryl methyl sites for hydroxylation is 2. The molecule has 3 nitrogen and oxygen atoms in total. The lowest BCUT2D eigenvalue weighted by molar-refractivity contribution is 0.372. The Hall–Kier alpha value is -0.0600. The van der Waals surface area contributed by atoms with Gasteiger partial charge >= 0.3 is 0 Å². The van der Waals surface area contributed by atoms with Gasteiger partial charge in [-0.2, -0.15) is 5.10 Å². The van der Waals surface area contributed by atoms with Crippen LogP contribution in [0.3, 0.4) is 0 Å². The highest BCUT2D eigenvalue weighted by atomic mass is 79.9. The van der Waals surface area contributed by atoms with Crippen molar-refractivity contribution in [2.24, 2.45) is 7.05 Å². The zero-order valence-electron chi connectivity index (χ0n) is 10.3. The Balaban J connectivity index is 1.89. The van der Waals surface area contributed by atoms with Crippen LogP contribution in [0.2, 0.25) is 0 Å². The van der Waals surface area contributed by atoms with Crippen molar-refractivity contribution in [2.45, 2.75) is 50.6 Å². The van der Waals surface area contributed by atoms with E-state index in [-0.39, 0.29) is 0 Å². The first-order valence-electron chi connectivity index (χ1n) is 6.13. The molecule has 0 aliphatic heterocycles. The monoisotopic (exact) mass is 319 g/mol. The van der Waals surface area contributed by atoms with Gasteiger partial charge in [0.15, 0.2) is 0 Å². The highest BCUT2D eigenvalue weighted by Gasteiger charge is 2.20. The molecule has 1 fully saturated rings. The van der Waals surface area contributed by atoms with Crippen LogP contribution in [0.4, 0.5) is 0 Å². The molecule has 5 heteroatoms. The van der Waals surface area contributed by atoms with Crippen LogP contribution >= 0.6 is 27.5 Å². The Kier molecular flexibility index (Phi) is 4.50. The van der Waals surface area contributed by atoms with Crippen molar-refractivity contribution in [1.29, 1.82) is 0 Å². The van der Waals surface area contributed by atoms with Gasteiger partial charge in [-0.15, -0.1) is 11.6 Å². The maximum absolute atomic E-state index is 6.10. The molecule has 96 valence electrons. The first-order valence-corrected chi connectivity index (χ1v) is 7.36. The normalized spacial score (nSPS) is 25.2. The minimum Gasteiger partial charge on any atom is -0.308 e. The fraction of sp³-hybridized carbons (Fsp3) is 0.750. The van der Waals surface area contributed by atoms with Gasteiger partial charge in [0.2, 0.25) is 0 Å². The van der Waals surface area contributed by atoms with Gasteiger partial charge in [-0.05, 0) is 48.5 Å². The largest absolute Gasteiger partial charge is 0.308 e. The summed E-state index contributed by atoms with van der Waals surface area (Å²) in [6.07, 6.45) is 4.63. The quantitative estimate of drug-likeness (QED) is 0.867. The van der Waals surface area contributed by atoms with E-state index in [1.54, 1.807) is 0 Å². The van der Waals surface area contributed by atoms with Crippen LogP contribution in [0.25, 0.3) is 0 Å². The van der Waals surface area contributed by atoms with E-state index < -0.39 is 0 Å². The summed E-state index contributed by atoms with van der Waals surface area (Å²) in [5.74, 6) is 0. The van der Waals surface area contributed by atoms with Crippen molar-refractivity contribution in [3.05, 3.63) is 15.9 Å². The van der Waals surface area contributed by atoms with Crippen LogP contribution in [0.5, 0.6) is 0 Å². The Bertz CT molecular complexity index is 383. The lowest BCUT2D eigenvalue weighted by Gasteiger charge is -2.26. The molecule has 0 amide bonds. The van der Waals surface area contributed by atoms with Gasteiger partial charge in [0.05, 0.1) is 15.9 Å². The summed E-state index contributed by atoms with van der Waals surface area (Å²) in [6, 6.07) is 0.604. The Labute approximate surface area is 116 Å². The average Bonchev–Trinajstić information content (AvgIpc) is 2.54. The SMILES string of the molecule is Cc1nn(C)c(CNC2CCC(Cl)CC2)c1Br. The van der Waals surface area contributed by atoms with E-state index in [0.717, 1.165) is 29.6 Å². The van der Waals surface area contributed by atoms with Crippen LogP contribution in [-0.4, -0.2) is 21.2 Å². The van der Waals surface area contributed by atoms with Crippen LogP contribution in [0, 0.1) is 6.92 Å². The maximum atomic E-state index is 6.10. The zero-order valence-corrected chi connectivity index (χ0v) is 12.7. The highest BCUT2D eigenvalue weighted by Crippen LogP contribution is 2.24.